The molecule has 3 saturated carbocycles. The number of aromatic nitrogens is 1. The van der Waals surface area contributed by atoms with Crippen LogP contribution in [0.25, 0.3) is 10.9 Å². The van der Waals surface area contributed by atoms with Gasteiger partial charge in [0.1, 0.15) is 12.8 Å². The van der Waals surface area contributed by atoms with Gasteiger partial charge in [-0.3, -0.25) is 19.5 Å². The molecule has 0 amide bonds. The largest absolute Gasteiger partial charge is 0.390 e. The van der Waals surface area contributed by atoms with E-state index in [1.165, 1.54) is 18.2 Å². The predicted molar refractivity (Wildman–Crippen MR) is 149 cm³/mol. The lowest BCUT2D eigenvalue weighted by Gasteiger charge is -2.63. The van der Waals surface area contributed by atoms with Crippen molar-refractivity contribution in [2.75, 3.05) is 19.7 Å². The van der Waals surface area contributed by atoms with Crippen molar-refractivity contribution in [2.45, 2.75) is 57.6 Å². The number of rotatable bonds is 4. The first-order chi connectivity index (χ1) is 19.5. The van der Waals surface area contributed by atoms with Crippen LogP contribution in [0.1, 0.15) is 38.8 Å². The van der Waals surface area contributed by atoms with E-state index in [-0.39, 0.29) is 41.8 Å². The number of halogens is 2. The van der Waals surface area contributed by atoms with E-state index in [9.17, 15) is 19.8 Å². The third kappa shape index (κ3) is 3.35. The summed E-state index contributed by atoms with van der Waals surface area (Å²) in [6.45, 7) is 4.38. The van der Waals surface area contributed by atoms with E-state index in [1.54, 1.807) is 6.92 Å². The molecular weight excluding hydrogens is 526 g/mol. The number of carbonyl (C=O) groups excluding carboxylic acids is 2. The number of para-hydroxylation sites is 1. The van der Waals surface area contributed by atoms with Crippen molar-refractivity contribution >= 4 is 22.5 Å². The van der Waals surface area contributed by atoms with Crippen molar-refractivity contribution in [2.24, 2.45) is 34.0 Å². The van der Waals surface area contributed by atoms with Crippen LogP contribution in [0.5, 0.6) is 0 Å². The summed E-state index contributed by atoms with van der Waals surface area (Å²) in [4.78, 5) is 32.9. The van der Waals surface area contributed by atoms with Crippen LogP contribution in [0.4, 0.5) is 8.78 Å². The number of aliphatic hydroxyl groups is 2. The molecular formula is C33H36F2N2O4. The summed E-state index contributed by atoms with van der Waals surface area (Å²) in [5.41, 5.74) is -3.60. The van der Waals surface area contributed by atoms with E-state index in [2.05, 4.69) is 4.90 Å². The Labute approximate surface area is 238 Å². The summed E-state index contributed by atoms with van der Waals surface area (Å²) in [7, 11) is 0. The Hall–Kier alpha value is -2.81. The second-order valence-electron chi connectivity index (χ2n) is 13.5. The van der Waals surface area contributed by atoms with Crippen LogP contribution in [0.2, 0.25) is 0 Å². The van der Waals surface area contributed by atoms with Crippen molar-refractivity contribution < 1.29 is 28.6 Å². The Bertz CT molecular complexity index is 1530. The number of likely N-dealkylation sites (tertiary alicyclic amines) is 1. The summed E-state index contributed by atoms with van der Waals surface area (Å²) >= 11 is 0. The maximum atomic E-state index is 17.5. The van der Waals surface area contributed by atoms with Crippen LogP contribution >= 0.6 is 0 Å². The quantitative estimate of drug-likeness (QED) is 0.582. The minimum atomic E-state index is -2.18. The zero-order valence-electron chi connectivity index (χ0n) is 23.4. The monoisotopic (exact) mass is 562 g/mol. The average Bonchev–Trinajstić information content (AvgIpc) is 3.43. The molecule has 1 aromatic carbocycles. The SMILES string of the molecule is CC12C=CC(=O)C=C1C(F)CC1C3CC4CN(Cc5ccc6ccccc6n5)CC4(C(=O)CO)C3(C)CC(O)C12F. The van der Waals surface area contributed by atoms with Crippen molar-refractivity contribution in [1.29, 1.82) is 0 Å². The minimum absolute atomic E-state index is 0.0244. The van der Waals surface area contributed by atoms with Crippen molar-refractivity contribution in [3.8, 4) is 0 Å². The molecule has 41 heavy (non-hydrogen) atoms. The van der Waals surface area contributed by atoms with E-state index in [1.807, 2.05) is 43.3 Å². The highest BCUT2D eigenvalue weighted by atomic mass is 19.1. The van der Waals surface area contributed by atoms with Gasteiger partial charge in [-0.15, -0.1) is 0 Å². The smallest absolute Gasteiger partial charge is 0.178 e. The highest BCUT2D eigenvalue weighted by molar-refractivity contribution is 6.01. The highest BCUT2D eigenvalue weighted by Crippen LogP contribution is 2.74. The molecule has 5 aliphatic rings. The molecule has 1 aromatic heterocycles. The molecule has 1 aliphatic heterocycles. The summed E-state index contributed by atoms with van der Waals surface area (Å²) in [6.07, 6.45) is 1.33. The molecule has 0 spiro atoms. The van der Waals surface area contributed by atoms with Crippen LogP contribution in [0.3, 0.4) is 0 Å². The normalized spacial score (nSPS) is 43.3. The fourth-order valence-electron chi connectivity index (χ4n) is 10.1. The van der Waals surface area contributed by atoms with Crippen molar-refractivity contribution in [3.05, 3.63) is 65.9 Å². The summed E-state index contributed by atoms with van der Waals surface area (Å²) in [5, 5.41) is 23.0. The molecule has 2 heterocycles. The van der Waals surface area contributed by atoms with E-state index in [4.69, 9.17) is 4.98 Å². The maximum Gasteiger partial charge on any atom is 0.178 e. The molecule has 4 aliphatic carbocycles. The average molecular weight is 563 g/mol. The number of nitrogens with zero attached hydrogens (tertiary/aromatic N) is 2. The molecule has 9 atom stereocenters. The van der Waals surface area contributed by atoms with Crippen LogP contribution < -0.4 is 0 Å². The molecule has 0 radical (unpaired) electrons. The first-order valence-electron chi connectivity index (χ1n) is 14.7. The standard InChI is InChI=1S/C33H36F2N2O4/c1-30-10-9-22(39)12-25(30)26(34)13-24-23-11-20-15-37(16-21-8-7-19-5-3-4-6-27(19)36-21)18-32(20,29(41)17-38)31(23,2)14-28(40)33(24,30)35/h3-10,12,20,23-24,26,28,38,40H,11,13-18H2,1-2H3. The first kappa shape index (κ1) is 27.0. The number of Topliss-reactive ketones (excluding diaryl/α,β-unsaturated/α-hetero) is 1. The molecule has 1 saturated heterocycles. The Morgan fingerprint density at radius 3 is 2.71 bits per heavy atom. The first-order valence-corrected chi connectivity index (χ1v) is 14.7. The summed E-state index contributed by atoms with van der Waals surface area (Å²) in [5.74, 6) is -2.03. The molecule has 0 bridgehead atoms. The maximum absolute atomic E-state index is 17.5. The number of hydrogen-bond donors (Lipinski definition) is 2. The van der Waals surface area contributed by atoms with Gasteiger partial charge in [0, 0.05) is 36.4 Å². The molecule has 216 valence electrons. The van der Waals surface area contributed by atoms with Gasteiger partial charge in [0.15, 0.2) is 17.2 Å². The van der Waals surface area contributed by atoms with Crippen molar-refractivity contribution in [3.63, 3.8) is 0 Å². The number of hydrogen-bond acceptors (Lipinski definition) is 6. The van der Waals surface area contributed by atoms with Crippen LogP contribution in [0.15, 0.2) is 60.2 Å². The Kier molecular flexibility index (Phi) is 5.84. The molecule has 8 heteroatoms. The van der Waals surface area contributed by atoms with Gasteiger partial charge in [0.05, 0.1) is 22.7 Å². The van der Waals surface area contributed by atoms with Crippen LogP contribution in [-0.2, 0) is 16.1 Å². The van der Waals surface area contributed by atoms with Gasteiger partial charge in [-0.25, -0.2) is 8.78 Å². The third-order valence-corrected chi connectivity index (χ3v) is 11.9. The fraction of sp³-hybridized carbons (Fsp3) is 0.545. The second kappa shape index (κ2) is 8.85. The van der Waals surface area contributed by atoms with E-state index in [0.29, 0.717) is 26.1 Å². The van der Waals surface area contributed by atoms with Gasteiger partial charge in [-0.05, 0) is 73.3 Å². The van der Waals surface area contributed by atoms with Gasteiger partial charge < -0.3 is 10.2 Å². The number of aliphatic hydroxyl groups excluding tert-OH is 2. The topological polar surface area (TPSA) is 90.7 Å². The van der Waals surface area contributed by atoms with E-state index in [0.717, 1.165) is 16.6 Å². The molecule has 7 rings (SSSR count). The van der Waals surface area contributed by atoms with Gasteiger partial charge in [-0.2, -0.15) is 0 Å². The Morgan fingerprint density at radius 2 is 1.93 bits per heavy atom. The van der Waals surface area contributed by atoms with Gasteiger partial charge in [0.2, 0.25) is 0 Å². The van der Waals surface area contributed by atoms with E-state index < -0.39 is 46.7 Å². The fourth-order valence-corrected chi connectivity index (χ4v) is 10.1. The number of alkyl halides is 2. The Morgan fingerprint density at radius 1 is 1.15 bits per heavy atom. The number of benzene rings is 1. The molecule has 6 nitrogen and oxygen atoms in total. The number of pyridine rings is 1. The molecule has 9 unspecified atom stereocenters. The minimum Gasteiger partial charge on any atom is -0.390 e. The Balaban J connectivity index is 1.25. The molecule has 2 aromatic rings. The lowest BCUT2D eigenvalue weighted by atomic mass is 9.43. The zero-order chi connectivity index (χ0) is 28.9. The highest BCUT2D eigenvalue weighted by Gasteiger charge is 2.78. The molecule has 2 N–H and O–H groups in total. The number of fused-ring (bicyclic) bond motifs is 8. The van der Waals surface area contributed by atoms with Crippen molar-refractivity contribution in [1.82, 2.24) is 9.88 Å². The lowest BCUT2D eigenvalue weighted by molar-refractivity contribution is -0.212. The predicted octanol–water partition coefficient (Wildman–Crippen LogP) is 4.14. The number of carbonyl (C=O) groups is 2. The zero-order valence-corrected chi connectivity index (χ0v) is 23.4. The lowest BCUT2D eigenvalue weighted by Crippen LogP contribution is -2.69. The summed E-state index contributed by atoms with van der Waals surface area (Å²) in [6, 6.07) is 11.9. The van der Waals surface area contributed by atoms with Gasteiger partial charge >= 0.3 is 0 Å². The summed E-state index contributed by atoms with van der Waals surface area (Å²) < 4.78 is 33.3. The van der Waals surface area contributed by atoms with E-state index >= 15 is 8.78 Å². The third-order valence-electron chi connectivity index (χ3n) is 11.9. The van der Waals surface area contributed by atoms with Gasteiger partial charge in [0.25, 0.3) is 0 Å². The number of ketones is 2. The van der Waals surface area contributed by atoms with Crippen LogP contribution in [-0.4, -0.2) is 69.3 Å². The second-order valence-corrected chi connectivity index (χ2v) is 13.5. The van der Waals surface area contributed by atoms with Crippen LogP contribution in [0, 0.1) is 34.0 Å². The number of allylic oxidation sites excluding steroid dienone is 4. The molecule has 4 fully saturated rings. The van der Waals surface area contributed by atoms with Gasteiger partial charge in [-0.1, -0.05) is 37.3 Å².